The molecule has 1 atom stereocenters. The van der Waals surface area contributed by atoms with Gasteiger partial charge in [-0.25, -0.2) is 15.0 Å². The first-order chi connectivity index (χ1) is 12.2. The minimum atomic E-state index is 0.0835. The summed E-state index contributed by atoms with van der Waals surface area (Å²) < 4.78 is 0. The second-order valence-electron chi connectivity index (χ2n) is 6.27. The zero-order chi connectivity index (χ0) is 17.2. The summed E-state index contributed by atoms with van der Waals surface area (Å²) in [6.45, 7) is 3.32. The summed E-state index contributed by atoms with van der Waals surface area (Å²) in [6, 6.07) is 11.4. The van der Waals surface area contributed by atoms with Gasteiger partial charge in [0.05, 0.1) is 0 Å². The Bertz CT molecular complexity index is 876. The second-order valence-corrected chi connectivity index (χ2v) is 6.27. The number of hydrogen-bond acceptors (Lipinski definition) is 4. The maximum atomic E-state index is 12.6. The van der Waals surface area contributed by atoms with Gasteiger partial charge in [0.1, 0.15) is 11.5 Å². The molecule has 1 amide bonds. The fourth-order valence-corrected chi connectivity index (χ4v) is 3.28. The van der Waals surface area contributed by atoms with Gasteiger partial charge in [-0.2, -0.15) is 0 Å². The first kappa shape index (κ1) is 15.5. The van der Waals surface area contributed by atoms with Gasteiger partial charge in [0.25, 0.3) is 5.91 Å². The number of benzene rings is 1. The van der Waals surface area contributed by atoms with E-state index in [1.807, 2.05) is 48.2 Å². The minimum Gasteiger partial charge on any atom is -0.343 e. The van der Waals surface area contributed by atoms with E-state index in [-0.39, 0.29) is 11.8 Å². The van der Waals surface area contributed by atoms with E-state index < -0.39 is 0 Å². The number of hydrogen-bond donors (Lipinski definition) is 1. The highest BCUT2D eigenvalue weighted by atomic mass is 16.2. The van der Waals surface area contributed by atoms with E-state index in [4.69, 9.17) is 0 Å². The summed E-state index contributed by atoms with van der Waals surface area (Å²) in [4.78, 5) is 30.9. The summed E-state index contributed by atoms with van der Waals surface area (Å²) in [5.41, 5.74) is 2.50. The van der Waals surface area contributed by atoms with E-state index in [2.05, 4.69) is 19.9 Å². The molecule has 0 aliphatic carbocycles. The molecule has 0 spiro atoms. The lowest BCUT2D eigenvalue weighted by atomic mass is 10.0. The average molecular weight is 333 g/mol. The molecule has 0 bridgehead atoms. The van der Waals surface area contributed by atoms with Gasteiger partial charge in [0.2, 0.25) is 0 Å². The molecule has 0 radical (unpaired) electrons. The summed E-state index contributed by atoms with van der Waals surface area (Å²) >= 11 is 0. The molecule has 1 aliphatic heterocycles. The second kappa shape index (κ2) is 6.47. The van der Waals surface area contributed by atoms with Crippen molar-refractivity contribution in [3.8, 4) is 11.5 Å². The molecule has 126 valence electrons. The van der Waals surface area contributed by atoms with Crippen LogP contribution in [0.3, 0.4) is 0 Å². The number of aromatic nitrogens is 4. The molecule has 1 aromatic carbocycles. The Balaban J connectivity index is 1.55. The fraction of sp³-hybridized carbons (Fsp3) is 0.263. The average Bonchev–Trinajstić information content (AvgIpc) is 3.33. The van der Waals surface area contributed by atoms with Crippen LogP contribution in [0.25, 0.3) is 11.5 Å². The van der Waals surface area contributed by atoms with Crippen LogP contribution < -0.4 is 0 Å². The predicted octanol–water partition coefficient (Wildman–Crippen LogP) is 2.80. The molecule has 6 heteroatoms. The molecule has 1 aliphatic rings. The third kappa shape index (κ3) is 3.15. The number of nitrogens with zero attached hydrogens (tertiary/aromatic N) is 4. The van der Waals surface area contributed by atoms with Crippen LogP contribution >= 0.6 is 0 Å². The van der Waals surface area contributed by atoms with Crippen LogP contribution in [0.15, 0.2) is 48.8 Å². The van der Waals surface area contributed by atoms with Crippen molar-refractivity contribution in [2.24, 2.45) is 0 Å². The predicted molar refractivity (Wildman–Crippen MR) is 94.1 cm³/mol. The number of amides is 1. The van der Waals surface area contributed by atoms with Gasteiger partial charge >= 0.3 is 0 Å². The van der Waals surface area contributed by atoms with Crippen molar-refractivity contribution in [1.82, 2.24) is 24.8 Å². The lowest BCUT2D eigenvalue weighted by Crippen LogP contribution is -2.28. The van der Waals surface area contributed by atoms with Crippen molar-refractivity contribution in [2.45, 2.75) is 19.3 Å². The maximum Gasteiger partial charge on any atom is 0.253 e. The van der Waals surface area contributed by atoms with Crippen molar-refractivity contribution >= 4 is 5.91 Å². The van der Waals surface area contributed by atoms with Crippen LogP contribution in [0, 0.1) is 6.92 Å². The largest absolute Gasteiger partial charge is 0.343 e. The van der Waals surface area contributed by atoms with Crippen LogP contribution in [0.1, 0.15) is 34.2 Å². The van der Waals surface area contributed by atoms with E-state index in [9.17, 15) is 4.79 Å². The summed E-state index contributed by atoms with van der Waals surface area (Å²) in [5.74, 6) is 1.77. The number of rotatable bonds is 3. The third-order valence-electron chi connectivity index (χ3n) is 4.51. The standard InChI is InChI=1S/C19H19N5O/c1-13-22-16(11-17(23-13)18-20-8-9-21-18)15-7-10-24(12-15)19(25)14-5-3-2-4-6-14/h2-6,8-9,11,15H,7,10,12H2,1H3,(H,20,21)/t15-/m0/s1. The Kier molecular flexibility index (Phi) is 4.01. The zero-order valence-electron chi connectivity index (χ0n) is 14.0. The summed E-state index contributed by atoms with van der Waals surface area (Å²) in [6.07, 6.45) is 4.40. The molecular weight excluding hydrogens is 314 g/mol. The van der Waals surface area contributed by atoms with Crippen LogP contribution in [-0.2, 0) is 0 Å². The van der Waals surface area contributed by atoms with Gasteiger partial charge in [0.15, 0.2) is 5.82 Å². The highest BCUT2D eigenvalue weighted by Gasteiger charge is 2.29. The lowest BCUT2D eigenvalue weighted by Gasteiger charge is -2.17. The maximum absolute atomic E-state index is 12.6. The molecule has 3 heterocycles. The fourth-order valence-electron chi connectivity index (χ4n) is 3.28. The number of likely N-dealkylation sites (tertiary alicyclic amines) is 1. The number of aromatic amines is 1. The van der Waals surface area contributed by atoms with Gasteiger partial charge in [-0.3, -0.25) is 4.79 Å². The topological polar surface area (TPSA) is 74.8 Å². The van der Waals surface area contributed by atoms with E-state index in [1.54, 1.807) is 12.4 Å². The first-order valence-corrected chi connectivity index (χ1v) is 8.40. The van der Waals surface area contributed by atoms with Gasteiger partial charge in [-0.05, 0) is 31.5 Å². The Hall–Kier alpha value is -3.02. The van der Waals surface area contributed by atoms with Gasteiger partial charge in [-0.15, -0.1) is 0 Å². The molecule has 1 saturated heterocycles. The van der Waals surface area contributed by atoms with Crippen molar-refractivity contribution in [2.75, 3.05) is 13.1 Å². The highest BCUT2D eigenvalue weighted by molar-refractivity contribution is 5.94. The molecule has 0 unspecified atom stereocenters. The SMILES string of the molecule is Cc1nc(-c2ncc[nH]2)cc([C@H]2CCN(C(=O)c3ccccc3)C2)n1. The van der Waals surface area contributed by atoms with Crippen molar-refractivity contribution in [3.05, 3.63) is 65.9 Å². The van der Waals surface area contributed by atoms with Crippen molar-refractivity contribution in [1.29, 1.82) is 0 Å². The van der Waals surface area contributed by atoms with Crippen LogP contribution in [0.5, 0.6) is 0 Å². The lowest BCUT2D eigenvalue weighted by molar-refractivity contribution is 0.0790. The van der Waals surface area contributed by atoms with Gasteiger partial charge < -0.3 is 9.88 Å². The Morgan fingerprint density at radius 3 is 2.84 bits per heavy atom. The van der Waals surface area contributed by atoms with Crippen LogP contribution in [-0.4, -0.2) is 43.8 Å². The van der Waals surface area contributed by atoms with Gasteiger partial charge in [0, 0.05) is 42.7 Å². The number of carbonyl (C=O) groups excluding carboxylic acids is 1. The number of carbonyl (C=O) groups is 1. The monoisotopic (exact) mass is 333 g/mol. The number of aryl methyl sites for hydroxylation is 1. The minimum absolute atomic E-state index is 0.0835. The normalized spacial score (nSPS) is 17.0. The van der Waals surface area contributed by atoms with Crippen molar-refractivity contribution < 1.29 is 4.79 Å². The van der Waals surface area contributed by atoms with Crippen LogP contribution in [0.2, 0.25) is 0 Å². The zero-order valence-corrected chi connectivity index (χ0v) is 14.0. The Morgan fingerprint density at radius 2 is 2.08 bits per heavy atom. The van der Waals surface area contributed by atoms with E-state index >= 15 is 0 Å². The molecule has 6 nitrogen and oxygen atoms in total. The van der Waals surface area contributed by atoms with Gasteiger partial charge in [-0.1, -0.05) is 18.2 Å². The first-order valence-electron chi connectivity index (χ1n) is 8.40. The Morgan fingerprint density at radius 1 is 1.24 bits per heavy atom. The molecule has 4 rings (SSSR count). The smallest absolute Gasteiger partial charge is 0.253 e. The van der Waals surface area contributed by atoms with E-state index in [0.29, 0.717) is 6.54 Å². The molecule has 2 aromatic heterocycles. The molecule has 1 fully saturated rings. The molecule has 1 N–H and O–H groups in total. The number of nitrogens with one attached hydrogen (secondary N) is 1. The summed E-state index contributed by atoms with van der Waals surface area (Å²) in [5, 5.41) is 0. The quantitative estimate of drug-likeness (QED) is 0.800. The highest BCUT2D eigenvalue weighted by Crippen LogP contribution is 2.28. The number of H-pyrrole nitrogens is 1. The molecular formula is C19H19N5O. The summed E-state index contributed by atoms with van der Waals surface area (Å²) in [7, 11) is 0. The van der Waals surface area contributed by atoms with E-state index in [0.717, 1.165) is 41.6 Å². The molecule has 0 saturated carbocycles. The molecule has 3 aromatic rings. The van der Waals surface area contributed by atoms with Crippen molar-refractivity contribution in [3.63, 3.8) is 0 Å². The Labute approximate surface area is 146 Å². The molecule has 25 heavy (non-hydrogen) atoms. The third-order valence-corrected chi connectivity index (χ3v) is 4.51. The van der Waals surface area contributed by atoms with E-state index in [1.165, 1.54) is 0 Å². The number of imidazole rings is 1. The van der Waals surface area contributed by atoms with Crippen LogP contribution in [0.4, 0.5) is 0 Å².